The van der Waals surface area contributed by atoms with Gasteiger partial charge in [-0.15, -0.1) is 11.3 Å². The smallest absolute Gasteiger partial charge is 0.191 e. The van der Waals surface area contributed by atoms with Gasteiger partial charge in [0, 0.05) is 39.3 Å². The van der Waals surface area contributed by atoms with Crippen LogP contribution in [0.2, 0.25) is 0 Å². The lowest BCUT2D eigenvalue weighted by Gasteiger charge is -2.33. The van der Waals surface area contributed by atoms with E-state index in [0.29, 0.717) is 12.1 Å². The van der Waals surface area contributed by atoms with Crippen molar-refractivity contribution in [1.82, 2.24) is 10.6 Å². The summed E-state index contributed by atoms with van der Waals surface area (Å²) in [4.78, 5) is 6.90. The summed E-state index contributed by atoms with van der Waals surface area (Å²) in [6.45, 7) is 4.10. The molecule has 0 unspecified atom stereocenters. The fraction of sp³-hybridized carbons (Fsp3) is 0.773. The molecule has 5 nitrogen and oxygen atoms in total. The number of rotatable bonds is 8. The minimum atomic E-state index is 0.515. The van der Waals surface area contributed by atoms with Crippen molar-refractivity contribution in [2.24, 2.45) is 4.99 Å². The van der Waals surface area contributed by atoms with Gasteiger partial charge in [-0.1, -0.05) is 25.7 Å². The predicted molar refractivity (Wildman–Crippen MR) is 121 cm³/mol. The van der Waals surface area contributed by atoms with Crippen molar-refractivity contribution in [1.29, 1.82) is 0 Å². The first-order valence-corrected chi connectivity index (χ1v) is 12.1. The second-order valence-corrected chi connectivity index (χ2v) is 8.97. The molecular weight excluding hydrogens is 368 g/mol. The highest BCUT2D eigenvalue weighted by Gasteiger charge is 2.20. The Morgan fingerprint density at radius 1 is 1.14 bits per heavy atom. The lowest BCUT2D eigenvalue weighted by Crippen LogP contribution is -2.48. The molecule has 1 aromatic heterocycles. The van der Waals surface area contributed by atoms with Crippen molar-refractivity contribution in [3.05, 3.63) is 17.5 Å². The van der Waals surface area contributed by atoms with E-state index in [9.17, 15) is 0 Å². The number of thiophene rings is 1. The molecule has 1 aliphatic carbocycles. The van der Waals surface area contributed by atoms with Crippen LogP contribution in [-0.2, 0) is 4.74 Å². The van der Waals surface area contributed by atoms with Crippen LogP contribution in [-0.4, -0.2) is 51.4 Å². The van der Waals surface area contributed by atoms with Gasteiger partial charge in [0.05, 0.1) is 11.1 Å². The lowest BCUT2D eigenvalue weighted by atomic mass is 10.1. The zero-order chi connectivity index (χ0) is 19.4. The van der Waals surface area contributed by atoms with Crippen LogP contribution in [0.4, 0.5) is 5.00 Å². The van der Waals surface area contributed by atoms with Crippen LogP contribution < -0.4 is 15.5 Å². The zero-order valence-corrected chi connectivity index (χ0v) is 18.3. The van der Waals surface area contributed by atoms with Gasteiger partial charge in [-0.25, -0.2) is 0 Å². The monoisotopic (exact) mass is 406 g/mol. The lowest BCUT2D eigenvalue weighted by molar-refractivity contribution is 0.0411. The molecule has 2 heterocycles. The SMILES string of the molecule is CN=C(NCCCCOC1CCCCCC1)NC1CCN(c2cccs2)CC1. The van der Waals surface area contributed by atoms with E-state index >= 15 is 0 Å². The highest BCUT2D eigenvalue weighted by molar-refractivity contribution is 7.14. The zero-order valence-electron chi connectivity index (χ0n) is 17.5. The second kappa shape index (κ2) is 12.3. The Kier molecular flexibility index (Phi) is 9.44. The summed E-state index contributed by atoms with van der Waals surface area (Å²) in [6.07, 6.45) is 13.1. The second-order valence-electron chi connectivity index (χ2n) is 8.05. The van der Waals surface area contributed by atoms with E-state index in [2.05, 4.69) is 38.0 Å². The largest absolute Gasteiger partial charge is 0.378 e. The fourth-order valence-corrected chi connectivity index (χ4v) is 4.96. The Balaban J connectivity index is 1.24. The maximum Gasteiger partial charge on any atom is 0.191 e. The Bertz CT molecular complexity index is 547. The van der Waals surface area contributed by atoms with Gasteiger partial charge in [-0.05, 0) is 56.0 Å². The van der Waals surface area contributed by atoms with Gasteiger partial charge >= 0.3 is 0 Å². The number of guanidine groups is 1. The molecule has 2 N–H and O–H groups in total. The van der Waals surface area contributed by atoms with Crippen LogP contribution >= 0.6 is 11.3 Å². The molecule has 1 aromatic rings. The van der Waals surface area contributed by atoms with Crippen LogP contribution in [0, 0.1) is 0 Å². The molecule has 0 amide bonds. The summed E-state index contributed by atoms with van der Waals surface area (Å²) in [7, 11) is 1.87. The van der Waals surface area contributed by atoms with E-state index in [0.717, 1.165) is 57.9 Å². The molecule has 2 fully saturated rings. The third kappa shape index (κ3) is 7.28. The molecule has 6 heteroatoms. The van der Waals surface area contributed by atoms with Gasteiger partial charge in [0.25, 0.3) is 0 Å². The maximum absolute atomic E-state index is 6.08. The van der Waals surface area contributed by atoms with Gasteiger partial charge < -0.3 is 20.3 Å². The first-order valence-electron chi connectivity index (χ1n) is 11.2. The molecule has 1 saturated heterocycles. The molecule has 0 spiro atoms. The number of nitrogens with zero attached hydrogens (tertiary/aromatic N) is 2. The number of ether oxygens (including phenoxy) is 1. The molecule has 0 aromatic carbocycles. The van der Waals surface area contributed by atoms with Crippen molar-refractivity contribution in [2.45, 2.75) is 76.4 Å². The summed E-state index contributed by atoms with van der Waals surface area (Å²) in [6, 6.07) is 4.87. The van der Waals surface area contributed by atoms with Crippen molar-refractivity contribution in [3.8, 4) is 0 Å². The third-order valence-corrected chi connectivity index (χ3v) is 6.83. The Hall–Kier alpha value is -1.27. The molecule has 3 rings (SSSR count). The van der Waals surface area contributed by atoms with Gasteiger partial charge in [-0.3, -0.25) is 4.99 Å². The Morgan fingerprint density at radius 3 is 2.61 bits per heavy atom. The average molecular weight is 407 g/mol. The minimum absolute atomic E-state index is 0.515. The van der Waals surface area contributed by atoms with E-state index in [-0.39, 0.29) is 0 Å². The number of unbranched alkanes of at least 4 members (excludes halogenated alkanes) is 1. The Morgan fingerprint density at radius 2 is 1.93 bits per heavy atom. The summed E-state index contributed by atoms with van der Waals surface area (Å²) < 4.78 is 6.08. The van der Waals surface area contributed by atoms with Crippen molar-refractivity contribution < 1.29 is 4.74 Å². The van der Waals surface area contributed by atoms with Gasteiger partial charge in [-0.2, -0.15) is 0 Å². The van der Waals surface area contributed by atoms with Crippen molar-refractivity contribution in [3.63, 3.8) is 0 Å². The van der Waals surface area contributed by atoms with Gasteiger partial charge in [0.1, 0.15) is 0 Å². The number of anilines is 1. The molecule has 28 heavy (non-hydrogen) atoms. The Labute approximate surface area is 174 Å². The molecular formula is C22H38N4OS. The summed E-state index contributed by atoms with van der Waals surface area (Å²) in [5, 5.41) is 10.6. The number of piperidine rings is 1. The standard InChI is InChI=1S/C22H38N4OS/c1-23-22(24-14-6-7-17-27-20-9-4-2-3-5-10-20)25-19-12-15-26(16-13-19)21-11-8-18-28-21/h8,11,18-20H,2-7,9-10,12-17H2,1H3,(H2,23,24,25). The van der Waals surface area contributed by atoms with Gasteiger partial charge in [0.2, 0.25) is 0 Å². The molecule has 158 valence electrons. The molecule has 0 bridgehead atoms. The quantitative estimate of drug-likeness (QED) is 0.291. The van der Waals surface area contributed by atoms with Crippen LogP contribution in [0.5, 0.6) is 0 Å². The predicted octanol–water partition coefficient (Wildman–Crippen LogP) is 4.40. The average Bonchev–Trinajstić information content (AvgIpc) is 3.14. The van der Waals surface area contributed by atoms with Gasteiger partial charge in [0.15, 0.2) is 5.96 Å². The van der Waals surface area contributed by atoms with E-state index in [1.54, 1.807) is 0 Å². The van der Waals surface area contributed by atoms with E-state index in [1.807, 2.05) is 18.4 Å². The van der Waals surface area contributed by atoms with E-state index in [4.69, 9.17) is 4.74 Å². The van der Waals surface area contributed by atoms with E-state index in [1.165, 1.54) is 43.5 Å². The molecule has 0 radical (unpaired) electrons. The number of hydrogen-bond donors (Lipinski definition) is 2. The molecule has 2 aliphatic rings. The van der Waals surface area contributed by atoms with Crippen LogP contribution in [0.3, 0.4) is 0 Å². The first-order chi connectivity index (χ1) is 13.8. The van der Waals surface area contributed by atoms with Crippen LogP contribution in [0.15, 0.2) is 22.5 Å². The first kappa shape index (κ1) is 21.4. The van der Waals surface area contributed by atoms with Crippen molar-refractivity contribution in [2.75, 3.05) is 38.2 Å². The molecule has 0 atom stereocenters. The third-order valence-electron chi connectivity index (χ3n) is 5.90. The maximum atomic E-state index is 6.08. The van der Waals surface area contributed by atoms with Crippen LogP contribution in [0.1, 0.15) is 64.2 Å². The highest BCUT2D eigenvalue weighted by atomic mass is 32.1. The summed E-state index contributed by atoms with van der Waals surface area (Å²) in [5.41, 5.74) is 0. The number of nitrogens with one attached hydrogen (secondary N) is 2. The number of hydrogen-bond acceptors (Lipinski definition) is 4. The molecule has 1 aliphatic heterocycles. The molecule has 1 saturated carbocycles. The summed E-state index contributed by atoms with van der Waals surface area (Å²) >= 11 is 1.84. The fourth-order valence-electron chi connectivity index (χ4n) is 4.17. The topological polar surface area (TPSA) is 48.9 Å². The summed E-state index contributed by atoms with van der Waals surface area (Å²) in [5.74, 6) is 0.944. The van der Waals surface area contributed by atoms with E-state index < -0.39 is 0 Å². The minimum Gasteiger partial charge on any atom is -0.378 e. The van der Waals surface area contributed by atoms with Crippen molar-refractivity contribution >= 4 is 22.3 Å². The van der Waals surface area contributed by atoms with Crippen LogP contribution in [0.25, 0.3) is 0 Å². The highest BCUT2D eigenvalue weighted by Crippen LogP contribution is 2.24. The normalized spacial score (nSPS) is 20.2. The number of aliphatic imine (C=N–C) groups is 1.